The van der Waals surface area contributed by atoms with Crippen molar-refractivity contribution in [1.82, 2.24) is 10.2 Å². The molecule has 0 unspecified atom stereocenters. The number of carbonyl (C=O) groups is 4. The van der Waals surface area contributed by atoms with Crippen LogP contribution in [0.1, 0.15) is 40.1 Å². The average molecular weight is 408 g/mol. The van der Waals surface area contributed by atoms with Crippen molar-refractivity contribution in [3.05, 3.63) is 71.3 Å². The van der Waals surface area contributed by atoms with Gasteiger partial charge in [-0.15, -0.1) is 0 Å². The Morgan fingerprint density at radius 2 is 1.47 bits per heavy atom. The summed E-state index contributed by atoms with van der Waals surface area (Å²) < 4.78 is 4.79. The van der Waals surface area contributed by atoms with Gasteiger partial charge in [-0.3, -0.25) is 19.3 Å². The topological polar surface area (TPSA) is 92.8 Å². The van der Waals surface area contributed by atoms with Gasteiger partial charge >= 0.3 is 5.97 Å². The highest BCUT2D eigenvalue weighted by Gasteiger charge is 2.43. The van der Waals surface area contributed by atoms with E-state index in [-0.39, 0.29) is 23.5 Å². The first-order valence-corrected chi connectivity index (χ1v) is 9.74. The normalized spacial score (nSPS) is 15.0. The second kappa shape index (κ2) is 8.90. The molecule has 2 atom stereocenters. The number of methoxy groups -OCH3 is 1. The fourth-order valence-corrected chi connectivity index (χ4v) is 3.50. The SMILES string of the molecule is COC(=O)[C@H](NC(=O)[C@H](Cc1ccccc1)N1C(=O)c2ccccc2C1=O)C(C)C. The van der Waals surface area contributed by atoms with Crippen LogP contribution in [0.15, 0.2) is 54.6 Å². The van der Waals surface area contributed by atoms with Crippen molar-refractivity contribution in [2.24, 2.45) is 5.92 Å². The molecule has 7 heteroatoms. The Balaban J connectivity index is 1.95. The van der Waals surface area contributed by atoms with Crippen LogP contribution < -0.4 is 5.32 Å². The molecule has 0 radical (unpaired) electrons. The van der Waals surface area contributed by atoms with Crippen molar-refractivity contribution >= 4 is 23.7 Å². The highest BCUT2D eigenvalue weighted by molar-refractivity contribution is 6.22. The lowest BCUT2D eigenvalue weighted by Gasteiger charge is -2.28. The number of nitrogens with one attached hydrogen (secondary N) is 1. The van der Waals surface area contributed by atoms with Gasteiger partial charge in [0.25, 0.3) is 11.8 Å². The number of nitrogens with zero attached hydrogens (tertiary/aromatic N) is 1. The van der Waals surface area contributed by atoms with E-state index in [4.69, 9.17) is 4.74 Å². The molecule has 156 valence electrons. The maximum atomic E-state index is 13.2. The zero-order chi connectivity index (χ0) is 21.8. The van der Waals surface area contributed by atoms with E-state index in [2.05, 4.69) is 5.32 Å². The predicted molar refractivity (Wildman–Crippen MR) is 110 cm³/mol. The summed E-state index contributed by atoms with van der Waals surface area (Å²) in [7, 11) is 1.25. The van der Waals surface area contributed by atoms with E-state index in [0.717, 1.165) is 10.5 Å². The smallest absolute Gasteiger partial charge is 0.328 e. The summed E-state index contributed by atoms with van der Waals surface area (Å²) >= 11 is 0. The predicted octanol–water partition coefficient (Wildman–Crippen LogP) is 2.21. The summed E-state index contributed by atoms with van der Waals surface area (Å²) in [5.74, 6) is -2.45. The zero-order valence-electron chi connectivity index (χ0n) is 17.1. The molecule has 0 saturated heterocycles. The molecular formula is C23H24N2O5. The fourth-order valence-electron chi connectivity index (χ4n) is 3.50. The molecule has 2 aromatic carbocycles. The van der Waals surface area contributed by atoms with Gasteiger partial charge in [0.15, 0.2) is 0 Å². The Morgan fingerprint density at radius 1 is 0.933 bits per heavy atom. The van der Waals surface area contributed by atoms with Crippen LogP contribution in [-0.2, 0) is 20.7 Å². The molecule has 7 nitrogen and oxygen atoms in total. The molecule has 1 heterocycles. The van der Waals surface area contributed by atoms with Gasteiger partial charge in [0.1, 0.15) is 12.1 Å². The number of fused-ring (bicyclic) bond motifs is 1. The third-order valence-electron chi connectivity index (χ3n) is 5.13. The van der Waals surface area contributed by atoms with Gasteiger partial charge in [0.05, 0.1) is 18.2 Å². The van der Waals surface area contributed by atoms with Gasteiger partial charge in [0, 0.05) is 6.42 Å². The second-order valence-electron chi connectivity index (χ2n) is 7.48. The van der Waals surface area contributed by atoms with Gasteiger partial charge in [-0.2, -0.15) is 0 Å². The molecule has 0 bridgehead atoms. The van der Waals surface area contributed by atoms with Crippen molar-refractivity contribution < 1.29 is 23.9 Å². The zero-order valence-corrected chi connectivity index (χ0v) is 17.1. The van der Waals surface area contributed by atoms with Crippen LogP contribution in [0.3, 0.4) is 0 Å². The number of esters is 1. The molecule has 30 heavy (non-hydrogen) atoms. The first-order chi connectivity index (χ1) is 14.3. The summed E-state index contributed by atoms with van der Waals surface area (Å²) in [4.78, 5) is 52.3. The minimum atomic E-state index is -1.11. The fraction of sp³-hybridized carbons (Fsp3) is 0.304. The molecule has 0 spiro atoms. The van der Waals surface area contributed by atoms with Crippen LogP contribution in [0.25, 0.3) is 0 Å². The van der Waals surface area contributed by atoms with Gasteiger partial charge in [-0.25, -0.2) is 4.79 Å². The summed E-state index contributed by atoms with van der Waals surface area (Å²) in [6, 6.07) is 13.6. The van der Waals surface area contributed by atoms with Crippen molar-refractivity contribution in [1.29, 1.82) is 0 Å². The van der Waals surface area contributed by atoms with Gasteiger partial charge < -0.3 is 10.1 Å². The molecule has 0 aliphatic carbocycles. The number of ether oxygens (including phenoxy) is 1. The quantitative estimate of drug-likeness (QED) is 0.560. The summed E-state index contributed by atoms with van der Waals surface area (Å²) in [5.41, 5.74) is 1.32. The minimum absolute atomic E-state index is 0.129. The highest BCUT2D eigenvalue weighted by Crippen LogP contribution is 2.26. The maximum Gasteiger partial charge on any atom is 0.328 e. The Morgan fingerprint density at radius 3 is 1.97 bits per heavy atom. The standard InChI is InChI=1S/C23H24N2O5/c1-14(2)19(23(29)30-3)24-20(26)18(13-15-9-5-4-6-10-15)25-21(27)16-11-7-8-12-17(16)22(25)28/h4-12,14,18-19H,13H2,1-3H3,(H,24,26)/t18-,19+/m0/s1. The molecule has 3 amide bonds. The van der Waals surface area contributed by atoms with Crippen LogP contribution in [0, 0.1) is 5.92 Å². The third-order valence-corrected chi connectivity index (χ3v) is 5.13. The van der Waals surface area contributed by atoms with E-state index >= 15 is 0 Å². The molecule has 3 rings (SSSR count). The molecule has 0 fully saturated rings. The van der Waals surface area contributed by atoms with E-state index in [0.29, 0.717) is 0 Å². The Kier molecular flexibility index (Phi) is 6.30. The van der Waals surface area contributed by atoms with Crippen molar-refractivity contribution in [2.75, 3.05) is 7.11 Å². The number of hydrogen-bond donors (Lipinski definition) is 1. The monoisotopic (exact) mass is 408 g/mol. The van der Waals surface area contributed by atoms with Gasteiger partial charge in [-0.05, 0) is 23.6 Å². The van der Waals surface area contributed by atoms with Crippen LogP contribution in [0.4, 0.5) is 0 Å². The van der Waals surface area contributed by atoms with Gasteiger partial charge in [-0.1, -0.05) is 56.3 Å². The maximum absolute atomic E-state index is 13.2. The second-order valence-corrected chi connectivity index (χ2v) is 7.48. The van der Waals surface area contributed by atoms with E-state index in [9.17, 15) is 19.2 Å². The summed E-state index contributed by atoms with van der Waals surface area (Å²) in [5, 5.41) is 2.67. The molecule has 0 saturated carbocycles. The van der Waals surface area contributed by atoms with E-state index < -0.39 is 35.8 Å². The third kappa shape index (κ3) is 4.10. The number of rotatable bonds is 7. The lowest BCUT2D eigenvalue weighted by atomic mass is 10.0. The van der Waals surface area contributed by atoms with Crippen molar-refractivity contribution in [2.45, 2.75) is 32.4 Å². The Hall–Kier alpha value is -3.48. The van der Waals surface area contributed by atoms with Crippen molar-refractivity contribution in [3.8, 4) is 0 Å². The van der Waals surface area contributed by atoms with Crippen LogP contribution in [0.2, 0.25) is 0 Å². The van der Waals surface area contributed by atoms with Crippen LogP contribution in [0.5, 0.6) is 0 Å². The first-order valence-electron chi connectivity index (χ1n) is 9.74. The summed E-state index contributed by atoms with van der Waals surface area (Å²) in [6.07, 6.45) is 0.129. The molecule has 1 aliphatic heterocycles. The van der Waals surface area contributed by atoms with E-state index in [1.54, 1.807) is 38.1 Å². The summed E-state index contributed by atoms with van der Waals surface area (Å²) in [6.45, 7) is 3.55. The highest BCUT2D eigenvalue weighted by atomic mass is 16.5. The average Bonchev–Trinajstić information content (AvgIpc) is 3.00. The van der Waals surface area contributed by atoms with E-state index in [1.807, 2.05) is 30.3 Å². The van der Waals surface area contributed by atoms with Crippen molar-refractivity contribution in [3.63, 3.8) is 0 Å². The molecular weight excluding hydrogens is 384 g/mol. The minimum Gasteiger partial charge on any atom is -0.467 e. The van der Waals surface area contributed by atoms with Crippen LogP contribution >= 0.6 is 0 Å². The molecule has 2 aromatic rings. The molecule has 0 aromatic heterocycles. The lowest BCUT2D eigenvalue weighted by Crippen LogP contribution is -2.55. The number of carbonyl (C=O) groups excluding carboxylic acids is 4. The van der Waals surface area contributed by atoms with E-state index in [1.165, 1.54) is 7.11 Å². The van der Waals surface area contributed by atoms with Crippen LogP contribution in [-0.4, -0.2) is 47.8 Å². The number of amides is 3. The molecule has 1 N–H and O–H groups in total. The Bertz CT molecular complexity index is 936. The first kappa shape index (κ1) is 21.2. The number of benzene rings is 2. The lowest BCUT2D eigenvalue weighted by molar-refractivity contribution is -0.146. The largest absolute Gasteiger partial charge is 0.467 e. The Labute approximate surface area is 175 Å². The number of imide groups is 1. The van der Waals surface area contributed by atoms with Gasteiger partial charge in [0.2, 0.25) is 5.91 Å². The number of hydrogen-bond acceptors (Lipinski definition) is 5. The molecule has 1 aliphatic rings.